The highest BCUT2D eigenvalue weighted by molar-refractivity contribution is 5.81. The van der Waals surface area contributed by atoms with Gasteiger partial charge in [0.2, 0.25) is 0 Å². The van der Waals surface area contributed by atoms with E-state index in [0.29, 0.717) is 17.7 Å². The van der Waals surface area contributed by atoms with Crippen molar-refractivity contribution in [1.82, 2.24) is 14.8 Å². The third-order valence-electron chi connectivity index (χ3n) is 5.27. The van der Waals surface area contributed by atoms with Crippen LogP contribution in [0.5, 0.6) is 0 Å². The molecule has 0 radical (unpaired) electrons. The molecule has 1 aromatic rings. The number of hydrogen-bond donors (Lipinski definition) is 1. The molecular formula is C23H44N4O. The minimum Gasteiger partial charge on any atom is -0.383 e. The third-order valence-corrected chi connectivity index (χ3v) is 5.27. The fraction of sp³-hybridized carbons (Fsp3) is 0.739. The van der Waals surface area contributed by atoms with Crippen LogP contribution in [0.3, 0.4) is 0 Å². The van der Waals surface area contributed by atoms with Crippen molar-refractivity contribution in [3.8, 4) is 0 Å². The van der Waals surface area contributed by atoms with E-state index in [4.69, 9.17) is 5.73 Å². The Labute approximate surface area is 173 Å². The van der Waals surface area contributed by atoms with Gasteiger partial charge in [-0.15, -0.1) is 0 Å². The van der Waals surface area contributed by atoms with Gasteiger partial charge in [-0.25, -0.2) is 4.98 Å². The number of likely N-dealkylation sites (tertiary alicyclic amines) is 1. The summed E-state index contributed by atoms with van der Waals surface area (Å²) in [5, 5.41) is 0. The summed E-state index contributed by atoms with van der Waals surface area (Å²) in [6, 6.07) is 5.07. The van der Waals surface area contributed by atoms with E-state index < -0.39 is 0 Å². The van der Waals surface area contributed by atoms with Crippen LogP contribution >= 0.6 is 0 Å². The van der Waals surface area contributed by atoms with Crippen molar-refractivity contribution < 1.29 is 4.79 Å². The minimum absolute atomic E-state index is 0.301. The standard InChI is InChI=1S/C14H30N2.C7H8N2O.C2H6/c1-5-10-16(13(6-2)7-3)14-8-11-15(4)12-9-14;1-5-2-3-6(4-10)7(8)9-5;1-2/h13-14H,5-12H2,1-4H3;2-4H,1H3,(H2,8,9);1-2H3. The van der Waals surface area contributed by atoms with Gasteiger partial charge in [-0.3, -0.25) is 9.69 Å². The Morgan fingerprint density at radius 3 is 2.21 bits per heavy atom. The first-order chi connectivity index (χ1) is 13.5. The summed E-state index contributed by atoms with van der Waals surface area (Å²) < 4.78 is 0. The van der Waals surface area contributed by atoms with Crippen molar-refractivity contribution in [1.29, 1.82) is 0 Å². The smallest absolute Gasteiger partial charge is 0.153 e. The maximum Gasteiger partial charge on any atom is 0.153 e. The van der Waals surface area contributed by atoms with Gasteiger partial charge < -0.3 is 10.6 Å². The average molecular weight is 393 g/mol. The van der Waals surface area contributed by atoms with Crippen molar-refractivity contribution in [2.24, 2.45) is 0 Å². The Bertz CT molecular complexity index is 523. The number of nitrogens with zero attached hydrogens (tertiary/aromatic N) is 3. The first-order valence-electron chi connectivity index (χ1n) is 11.1. The van der Waals surface area contributed by atoms with Crippen molar-refractivity contribution in [2.45, 2.75) is 85.7 Å². The van der Waals surface area contributed by atoms with Crippen LogP contribution < -0.4 is 5.73 Å². The molecule has 0 atom stereocenters. The first kappa shape index (κ1) is 26.5. The maximum atomic E-state index is 10.2. The summed E-state index contributed by atoms with van der Waals surface area (Å²) in [4.78, 5) is 19.4. The third kappa shape index (κ3) is 9.16. The number of nitrogen functional groups attached to an aromatic ring is 1. The number of aryl methyl sites for hydroxylation is 1. The molecule has 162 valence electrons. The summed E-state index contributed by atoms with van der Waals surface area (Å²) in [6.45, 7) is 16.7. The van der Waals surface area contributed by atoms with Crippen molar-refractivity contribution in [2.75, 3.05) is 32.4 Å². The lowest BCUT2D eigenvalue weighted by atomic mass is 9.99. The molecule has 1 aliphatic rings. The molecule has 0 bridgehead atoms. The van der Waals surface area contributed by atoms with Crippen molar-refractivity contribution in [3.05, 3.63) is 23.4 Å². The van der Waals surface area contributed by atoms with Crippen molar-refractivity contribution >= 4 is 12.1 Å². The number of aromatic nitrogens is 1. The van der Waals surface area contributed by atoms with Gasteiger partial charge in [-0.1, -0.05) is 34.6 Å². The zero-order chi connectivity index (χ0) is 21.5. The van der Waals surface area contributed by atoms with Crippen LogP contribution in [0.1, 0.15) is 82.8 Å². The van der Waals surface area contributed by atoms with Crippen LogP contribution in [-0.4, -0.2) is 59.8 Å². The van der Waals surface area contributed by atoms with Crippen molar-refractivity contribution in [3.63, 3.8) is 0 Å². The molecule has 28 heavy (non-hydrogen) atoms. The van der Waals surface area contributed by atoms with Crippen LogP contribution in [0.2, 0.25) is 0 Å². The van der Waals surface area contributed by atoms with E-state index in [-0.39, 0.29) is 0 Å². The second kappa shape index (κ2) is 15.5. The molecule has 1 saturated heterocycles. The molecule has 2 rings (SSSR count). The molecule has 0 saturated carbocycles. The zero-order valence-corrected chi connectivity index (χ0v) is 19.4. The maximum absolute atomic E-state index is 10.2. The van der Waals surface area contributed by atoms with Gasteiger partial charge in [0.25, 0.3) is 0 Å². The number of hydrogen-bond acceptors (Lipinski definition) is 5. The Morgan fingerprint density at radius 2 is 1.79 bits per heavy atom. The van der Waals surface area contributed by atoms with Crippen LogP contribution in [0, 0.1) is 6.92 Å². The molecule has 0 amide bonds. The van der Waals surface area contributed by atoms with Gasteiger partial charge in [0, 0.05) is 17.8 Å². The highest BCUT2D eigenvalue weighted by Gasteiger charge is 2.26. The predicted octanol–water partition coefficient (Wildman–Crippen LogP) is 4.79. The molecule has 0 spiro atoms. The second-order valence-corrected chi connectivity index (χ2v) is 7.29. The second-order valence-electron chi connectivity index (χ2n) is 7.29. The van der Waals surface area contributed by atoms with Gasteiger partial charge in [0.15, 0.2) is 6.29 Å². The number of nitrogens with two attached hydrogens (primary N) is 1. The number of carbonyl (C=O) groups excluding carboxylic acids is 1. The average Bonchev–Trinajstić information content (AvgIpc) is 2.71. The van der Waals surface area contributed by atoms with Crippen LogP contribution in [0.15, 0.2) is 12.1 Å². The van der Waals surface area contributed by atoms with E-state index in [9.17, 15) is 4.79 Å². The van der Waals surface area contributed by atoms with Gasteiger partial charge in [0.05, 0.1) is 5.56 Å². The molecule has 5 heteroatoms. The summed E-state index contributed by atoms with van der Waals surface area (Å²) >= 11 is 0. The first-order valence-corrected chi connectivity index (χ1v) is 11.1. The number of aldehydes is 1. The molecule has 5 nitrogen and oxygen atoms in total. The van der Waals surface area contributed by atoms with Gasteiger partial charge >= 0.3 is 0 Å². The Kier molecular flexibility index (Phi) is 14.7. The topological polar surface area (TPSA) is 62.5 Å². The van der Waals surface area contributed by atoms with E-state index in [2.05, 4.69) is 42.6 Å². The predicted molar refractivity (Wildman–Crippen MR) is 122 cm³/mol. The Balaban J connectivity index is 0.000000520. The summed E-state index contributed by atoms with van der Waals surface area (Å²) in [5.41, 5.74) is 6.66. The fourth-order valence-electron chi connectivity index (χ4n) is 3.69. The van der Waals surface area contributed by atoms with E-state index in [1.807, 2.05) is 20.8 Å². The van der Waals surface area contributed by atoms with Crippen LogP contribution in [0.25, 0.3) is 0 Å². The number of anilines is 1. The van der Waals surface area contributed by atoms with E-state index >= 15 is 0 Å². The molecule has 2 N–H and O–H groups in total. The number of piperidine rings is 1. The number of pyridine rings is 1. The molecule has 0 unspecified atom stereocenters. The lowest BCUT2D eigenvalue weighted by Crippen LogP contribution is -2.48. The fourth-order valence-corrected chi connectivity index (χ4v) is 3.69. The van der Waals surface area contributed by atoms with Gasteiger partial charge in [-0.2, -0.15) is 0 Å². The molecule has 1 fully saturated rings. The molecule has 0 aliphatic carbocycles. The quantitative estimate of drug-likeness (QED) is 0.676. The zero-order valence-electron chi connectivity index (χ0n) is 19.4. The lowest BCUT2D eigenvalue weighted by Gasteiger charge is -2.41. The van der Waals surface area contributed by atoms with E-state index in [1.165, 1.54) is 51.7 Å². The van der Waals surface area contributed by atoms with E-state index in [1.54, 1.807) is 12.1 Å². The Hall–Kier alpha value is -1.46. The summed E-state index contributed by atoms with van der Waals surface area (Å²) in [5.74, 6) is 0.301. The lowest BCUT2D eigenvalue weighted by molar-refractivity contribution is 0.0768. The number of carbonyl (C=O) groups is 1. The highest BCUT2D eigenvalue weighted by atomic mass is 16.1. The highest BCUT2D eigenvalue weighted by Crippen LogP contribution is 2.21. The molecule has 1 aliphatic heterocycles. The minimum atomic E-state index is 0.301. The monoisotopic (exact) mass is 392 g/mol. The normalized spacial score (nSPS) is 14.9. The molecule has 2 heterocycles. The van der Waals surface area contributed by atoms with E-state index in [0.717, 1.165) is 17.8 Å². The summed E-state index contributed by atoms with van der Waals surface area (Å²) in [6.07, 6.45) is 7.34. The SMILES string of the molecule is CC.CCCN(C(CC)CC)C1CCN(C)CC1.Cc1ccc(C=O)c(N)n1. The summed E-state index contributed by atoms with van der Waals surface area (Å²) in [7, 11) is 2.25. The van der Waals surface area contributed by atoms with Crippen LogP contribution in [0.4, 0.5) is 5.82 Å². The van der Waals surface area contributed by atoms with Gasteiger partial charge in [0.1, 0.15) is 5.82 Å². The molecule has 0 aromatic carbocycles. The largest absolute Gasteiger partial charge is 0.383 e. The van der Waals surface area contributed by atoms with Gasteiger partial charge in [-0.05, 0) is 77.8 Å². The van der Waals surface area contributed by atoms with Crippen LogP contribution in [-0.2, 0) is 0 Å². The number of rotatable bonds is 7. The molecular weight excluding hydrogens is 348 g/mol. The Morgan fingerprint density at radius 1 is 1.21 bits per heavy atom. The molecule has 1 aromatic heterocycles.